The molecule has 1 aliphatic carbocycles. The van der Waals surface area contributed by atoms with E-state index in [0.717, 1.165) is 30.6 Å². The molecule has 122 valence electrons. The minimum atomic E-state index is 0.144. The molecule has 4 heteroatoms. The van der Waals surface area contributed by atoms with Gasteiger partial charge in [0.05, 0.1) is 0 Å². The average Bonchev–Trinajstić information content (AvgIpc) is 3.20. The lowest BCUT2D eigenvalue weighted by Gasteiger charge is -2.11. The summed E-state index contributed by atoms with van der Waals surface area (Å²) in [6.45, 7) is 0.649. The van der Waals surface area contributed by atoms with E-state index >= 15 is 0 Å². The van der Waals surface area contributed by atoms with Crippen molar-refractivity contribution in [3.05, 3.63) is 71.7 Å². The van der Waals surface area contributed by atoms with E-state index in [1.807, 2.05) is 30.6 Å². The van der Waals surface area contributed by atoms with Crippen LogP contribution in [-0.4, -0.2) is 21.8 Å². The molecule has 0 unspecified atom stereocenters. The molecule has 1 N–H and O–H groups in total. The number of aryl methyl sites for hydroxylation is 1. The highest BCUT2D eigenvalue weighted by Gasteiger charge is 2.23. The maximum Gasteiger partial charge on any atom is 0.220 e. The van der Waals surface area contributed by atoms with Crippen molar-refractivity contribution in [1.82, 2.24) is 14.7 Å². The molecule has 0 aliphatic heterocycles. The summed E-state index contributed by atoms with van der Waals surface area (Å²) in [4.78, 5) is 16.6. The van der Waals surface area contributed by atoms with E-state index in [2.05, 4.69) is 39.0 Å². The van der Waals surface area contributed by atoms with Crippen LogP contribution < -0.4 is 5.32 Å². The largest absolute Gasteiger partial charge is 0.356 e. The molecule has 0 saturated carbocycles. The third-order valence-corrected chi connectivity index (χ3v) is 4.89. The van der Waals surface area contributed by atoms with E-state index in [9.17, 15) is 4.79 Å². The fraction of sp³-hybridized carbons (Fsp3) is 0.300. The molecule has 4 rings (SSSR count). The van der Waals surface area contributed by atoms with Gasteiger partial charge in [-0.3, -0.25) is 4.79 Å². The van der Waals surface area contributed by atoms with Crippen molar-refractivity contribution in [2.75, 3.05) is 6.54 Å². The van der Waals surface area contributed by atoms with E-state index in [4.69, 9.17) is 0 Å². The first-order valence-corrected chi connectivity index (χ1v) is 8.57. The monoisotopic (exact) mass is 319 g/mol. The van der Waals surface area contributed by atoms with Crippen LogP contribution >= 0.6 is 0 Å². The number of hydrogen-bond donors (Lipinski definition) is 1. The fourth-order valence-corrected chi connectivity index (χ4v) is 3.65. The van der Waals surface area contributed by atoms with E-state index in [-0.39, 0.29) is 5.91 Å². The fourth-order valence-electron chi connectivity index (χ4n) is 3.65. The highest BCUT2D eigenvalue weighted by Crippen LogP contribution is 2.34. The smallest absolute Gasteiger partial charge is 0.220 e. The number of aromatic nitrogens is 2. The minimum Gasteiger partial charge on any atom is -0.356 e. The first-order chi connectivity index (χ1) is 11.8. The number of imidazole rings is 1. The maximum atomic E-state index is 12.3. The highest BCUT2D eigenvalue weighted by atomic mass is 16.1. The number of nitrogens with one attached hydrogen (secondary N) is 1. The van der Waals surface area contributed by atoms with Crippen molar-refractivity contribution >= 4 is 11.6 Å². The lowest BCUT2D eigenvalue weighted by Crippen LogP contribution is -2.27. The molecule has 3 aromatic rings. The van der Waals surface area contributed by atoms with Gasteiger partial charge in [0.25, 0.3) is 0 Å². The topological polar surface area (TPSA) is 46.4 Å². The molecule has 2 heterocycles. The van der Waals surface area contributed by atoms with E-state index in [1.165, 1.54) is 11.1 Å². The predicted molar refractivity (Wildman–Crippen MR) is 94.0 cm³/mol. The van der Waals surface area contributed by atoms with Crippen LogP contribution in [0.3, 0.4) is 0 Å². The zero-order valence-electron chi connectivity index (χ0n) is 13.6. The van der Waals surface area contributed by atoms with E-state index < -0.39 is 0 Å². The number of fused-ring (bicyclic) bond motifs is 2. The number of hydrogen-bond acceptors (Lipinski definition) is 2. The molecule has 0 fully saturated rings. The second kappa shape index (κ2) is 6.48. The highest BCUT2D eigenvalue weighted by molar-refractivity contribution is 5.77. The SMILES string of the molecule is O=C(C[C@H]1CCc2ccccc21)NCCc1cnc2ccccn12. The lowest BCUT2D eigenvalue weighted by molar-refractivity contribution is -0.121. The number of nitrogens with zero attached hydrogens (tertiary/aromatic N) is 2. The minimum absolute atomic E-state index is 0.144. The van der Waals surface area contributed by atoms with Crippen LogP contribution in [0, 0.1) is 0 Å². The summed E-state index contributed by atoms with van der Waals surface area (Å²) in [5, 5.41) is 3.06. The standard InChI is InChI=1S/C20H21N3O/c24-20(13-16-9-8-15-5-1-2-6-18(15)16)21-11-10-17-14-22-19-7-3-4-12-23(17)19/h1-7,12,14,16H,8-11,13H2,(H,21,24)/t16-/m1/s1. The summed E-state index contributed by atoms with van der Waals surface area (Å²) in [6.07, 6.45) is 7.45. The normalized spacial score (nSPS) is 16.2. The van der Waals surface area contributed by atoms with E-state index in [1.54, 1.807) is 0 Å². The van der Waals surface area contributed by atoms with E-state index in [0.29, 0.717) is 18.9 Å². The van der Waals surface area contributed by atoms with Gasteiger partial charge in [-0.2, -0.15) is 0 Å². The molecule has 2 aromatic heterocycles. The maximum absolute atomic E-state index is 12.3. The summed E-state index contributed by atoms with van der Waals surface area (Å²) < 4.78 is 2.07. The summed E-state index contributed by atoms with van der Waals surface area (Å²) >= 11 is 0. The Morgan fingerprint density at radius 2 is 2.08 bits per heavy atom. The third-order valence-electron chi connectivity index (χ3n) is 4.89. The van der Waals surface area contributed by atoms with Gasteiger partial charge in [-0.25, -0.2) is 4.98 Å². The second-order valence-electron chi connectivity index (χ2n) is 6.42. The molecular formula is C20H21N3O. The molecule has 4 nitrogen and oxygen atoms in total. The molecule has 1 aromatic carbocycles. The van der Waals surface area contributed by atoms with Gasteiger partial charge >= 0.3 is 0 Å². The van der Waals surface area contributed by atoms with Crippen molar-refractivity contribution in [3.8, 4) is 0 Å². The zero-order chi connectivity index (χ0) is 16.4. The van der Waals surface area contributed by atoms with Gasteiger partial charge < -0.3 is 9.72 Å². The molecule has 0 radical (unpaired) electrons. The first-order valence-electron chi connectivity index (χ1n) is 8.57. The summed E-state index contributed by atoms with van der Waals surface area (Å²) in [6, 6.07) is 14.5. The molecule has 1 atom stereocenters. The number of carbonyl (C=O) groups excluding carboxylic acids is 1. The van der Waals surface area contributed by atoms with Crippen LogP contribution in [0.1, 0.15) is 35.6 Å². The van der Waals surface area contributed by atoms with Gasteiger partial charge in [0.1, 0.15) is 5.65 Å². The number of amides is 1. The zero-order valence-corrected chi connectivity index (χ0v) is 13.6. The Balaban J connectivity index is 1.31. The van der Waals surface area contributed by atoms with Crippen LogP contribution in [0.2, 0.25) is 0 Å². The van der Waals surface area contributed by atoms with Crippen LogP contribution in [0.4, 0.5) is 0 Å². The predicted octanol–water partition coefficient (Wildman–Crippen LogP) is 3.11. The van der Waals surface area contributed by atoms with Crippen molar-refractivity contribution in [2.24, 2.45) is 0 Å². The molecule has 1 aliphatic rings. The van der Waals surface area contributed by atoms with Gasteiger partial charge in [0, 0.05) is 37.5 Å². The molecule has 0 saturated heterocycles. The molecule has 24 heavy (non-hydrogen) atoms. The van der Waals surface area contributed by atoms with Crippen LogP contribution in [0.15, 0.2) is 54.9 Å². The van der Waals surface area contributed by atoms with Crippen LogP contribution in [0.25, 0.3) is 5.65 Å². The van der Waals surface area contributed by atoms with Crippen molar-refractivity contribution < 1.29 is 4.79 Å². The van der Waals surface area contributed by atoms with Gasteiger partial charge in [-0.05, 0) is 42.0 Å². The second-order valence-corrected chi connectivity index (χ2v) is 6.42. The Morgan fingerprint density at radius 3 is 3.04 bits per heavy atom. The van der Waals surface area contributed by atoms with Gasteiger partial charge in [0.2, 0.25) is 5.91 Å². The molecule has 0 bridgehead atoms. The number of carbonyl (C=O) groups is 1. The summed E-state index contributed by atoms with van der Waals surface area (Å²) in [7, 11) is 0. The lowest BCUT2D eigenvalue weighted by atomic mass is 9.97. The summed E-state index contributed by atoms with van der Waals surface area (Å²) in [5.74, 6) is 0.516. The van der Waals surface area contributed by atoms with Crippen molar-refractivity contribution in [3.63, 3.8) is 0 Å². The Hall–Kier alpha value is -2.62. The van der Waals surface area contributed by atoms with Crippen LogP contribution in [0.5, 0.6) is 0 Å². The van der Waals surface area contributed by atoms with Gasteiger partial charge in [-0.15, -0.1) is 0 Å². The van der Waals surface area contributed by atoms with Crippen LogP contribution in [-0.2, 0) is 17.6 Å². The average molecular weight is 319 g/mol. The van der Waals surface area contributed by atoms with Crippen molar-refractivity contribution in [1.29, 1.82) is 0 Å². The Kier molecular flexibility index (Phi) is 4.03. The molecular weight excluding hydrogens is 298 g/mol. The molecule has 0 spiro atoms. The number of pyridine rings is 1. The molecule has 1 amide bonds. The van der Waals surface area contributed by atoms with Gasteiger partial charge in [0.15, 0.2) is 0 Å². The summed E-state index contributed by atoms with van der Waals surface area (Å²) in [5.41, 5.74) is 4.83. The van der Waals surface area contributed by atoms with Crippen molar-refractivity contribution in [2.45, 2.75) is 31.6 Å². The van der Waals surface area contributed by atoms with Gasteiger partial charge in [-0.1, -0.05) is 30.3 Å². The Labute approximate surface area is 141 Å². The Morgan fingerprint density at radius 1 is 1.21 bits per heavy atom. The third kappa shape index (κ3) is 2.92. The number of benzene rings is 1. The Bertz CT molecular complexity index is 868. The quantitative estimate of drug-likeness (QED) is 0.785. The first kappa shape index (κ1) is 14.9. The number of rotatable bonds is 5.